The van der Waals surface area contributed by atoms with Crippen LogP contribution in [0.1, 0.15) is 45.8 Å². The predicted octanol–water partition coefficient (Wildman–Crippen LogP) is 5.20. The molecule has 5 nitrogen and oxygen atoms in total. The number of rotatable bonds is 8. The minimum absolute atomic E-state index is 0.0481. The van der Waals surface area contributed by atoms with E-state index in [-0.39, 0.29) is 17.2 Å². The second-order valence-electron chi connectivity index (χ2n) is 8.07. The number of benzene rings is 3. The molecule has 1 N–H and O–H groups in total. The molecule has 168 valence electrons. The Kier molecular flexibility index (Phi) is 7.58. The Labute approximate surface area is 198 Å². The van der Waals surface area contributed by atoms with Crippen molar-refractivity contribution in [3.63, 3.8) is 0 Å². The van der Waals surface area contributed by atoms with Gasteiger partial charge in [0.05, 0.1) is 5.75 Å². The number of thioether (sulfide) groups is 1. The van der Waals surface area contributed by atoms with Gasteiger partial charge in [-0.3, -0.25) is 9.59 Å². The number of nitrogens with one attached hydrogen (secondary N) is 1. The summed E-state index contributed by atoms with van der Waals surface area (Å²) in [5.74, 6) is 0.365. The molecule has 1 aliphatic heterocycles. The second-order valence-corrected chi connectivity index (χ2v) is 9.13. The normalized spacial score (nSPS) is 16.2. The first-order valence-electron chi connectivity index (χ1n) is 11.0. The molecule has 1 saturated heterocycles. The van der Waals surface area contributed by atoms with Gasteiger partial charge in [-0.25, -0.2) is 5.43 Å². The standard InChI is InChI=1S/C27H27N3O2S/c1-20(12-13-21-8-4-2-5-9-21)28-29-26(32)23-14-16-24(17-15-23)27-30(25(31)19-33-27)18-22-10-6-3-7-11-22/h2-11,14-17,27H,12-13,18-19H2,1H3,(H,29,32)/b28-20-/t27-/m1/s1. The van der Waals surface area contributed by atoms with Crippen LogP contribution in [0.15, 0.2) is 90.0 Å². The van der Waals surface area contributed by atoms with Gasteiger partial charge in [0, 0.05) is 17.8 Å². The van der Waals surface area contributed by atoms with E-state index in [0.717, 1.165) is 29.7 Å². The number of aryl methyl sites for hydroxylation is 1. The van der Waals surface area contributed by atoms with Crippen molar-refractivity contribution in [1.82, 2.24) is 10.3 Å². The van der Waals surface area contributed by atoms with Crippen LogP contribution < -0.4 is 5.43 Å². The molecular weight excluding hydrogens is 430 g/mol. The minimum Gasteiger partial charge on any atom is -0.322 e. The van der Waals surface area contributed by atoms with E-state index in [1.165, 1.54) is 5.56 Å². The molecule has 1 fully saturated rings. The molecule has 0 saturated carbocycles. The number of carbonyl (C=O) groups is 2. The summed E-state index contributed by atoms with van der Waals surface area (Å²) in [5.41, 5.74) is 7.44. The van der Waals surface area contributed by atoms with Crippen molar-refractivity contribution in [2.75, 3.05) is 5.75 Å². The van der Waals surface area contributed by atoms with Crippen molar-refractivity contribution in [3.8, 4) is 0 Å². The van der Waals surface area contributed by atoms with E-state index in [9.17, 15) is 9.59 Å². The van der Waals surface area contributed by atoms with Crippen molar-refractivity contribution in [3.05, 3.63) is 107 Å². The lowest BCUT2D eigenvalue weighted by molar-refractivity contribution is -0.128. The van der Waals surface area contributed by atoms with E-state index >= 15 is 0 Å². The number of carbonyl (C=O) groups excluding carboxylic acids is 2. The van der Waals surface area contributed by atoms with Crippen molar-refractivity contribution in [2.24, 2.45) is 5.10 Å². The highest BCUT2D eigenvalue weighted by Crippen LogP contribution is 2.39. The van der Waals surface area contributed by atoms with Crippen LogP contribution in [0.5, 0.6) is 0 Å². The fraction of sp³-hybridized carbons (Fsp3) is 0.222. The molecule has 0 radical (unpaired) electrons. The Morgan fingerprint density at radius 2 is 1.61 bits per heavy atom. The zero-order valence-corrected chi connectivity index (χ0v) is 19.4. The Morgan fingerprint density at radius 3 is 2.27 bits per heavy atom. The van der Waals surface area contributed by atoms with E-state index in [4.69, 9.17) is 0 Å². The summed E-state index contributed by atoms with van der Waals surface area (Å²) in [5, 5.41) is 4.20. The largest absolute Gasteiger partial charge is 0.322 e. The molecule has 3 aromatic carbocycles. The topological polar surface area (TPSA) is 61.8 Å². The van der Waals surface area contributed by atoms with Gasteiger partial charge in [-0.15, -0.1) is 11.8 Å². The summed E-state index contributed by atoms with van der Waals surface area (Å²) in [6.45, 7) is 2.50. The van der Waals surface area contributed by atoms with E-state index in [2.05, 4.69) is 22.7 Å². The van der Waals surface area contributed by atoms with Crippen molar-refractivity contribution >= 4 is 29.3 Å². The molecule has 0 spiro atoms. The van der Waals surface area contributed by atoms with E-state index in [1.807, 2.05) is 72.5 Å². The molecule has 1 aliphatic rings. The number of hydrazone groups is 1. The number of amides is 2. The van der Waals surface area contributed by atoms with Gasteiger partial charge in [0.2, 0.25) is 5.91 Å². The maximum Gasteiger partial charge on any atom is 0.271 e. The summed E-state index contributed by atoms with van der Waals surface area (Å²) in [6, 6.07) is 27.7. The molecular formula is C27H27N3O2S. The molecule has 33 heavy (non-hydrogen) atoms. The molecule has 0 bridgehead atoms. The van der Waals surface area contributed by atoms with Crippen molar-refractivity contribution in [1.29, 1.82) is 0 Å². The van der Waals surface area contributed by atoms with Gasteiger partial charge in [-0.05, 0) is 48.6 Å². The first kappa shape index (κ1) is 22.8. The quantitative estimate of drug-likeness (QED) is 0.374. The third kappa shape index (κ3) is 6.11. The van der Waals surface area contributed by atoms with E-state index in [1.54, 1.807) is 23.9 Å². The lowest BCUT2D eigenvalue weighted by Gasteiger charge is -2.24. The van der Waals surface area contributed by atoms with Crippen LogP contribution >= 0.6 is 11.8 Å². The molecule has 2 amide bonds. The minimum atomic E-state index is -0.239. The molecule has 0 aliphatic carbocycles. The fourth-order valence-electron chi connectivity index (χ4n) is 3.72. The van der Waals surface area contributed by atoms with Gasteiger partial charge in [0.1, 0.15) is 5.37 Å². The monoisotopic (exact) mass is 457 g/mol. The highest BCUT2D eigenvalue weighted by molar-refractivity contribution is 8.00. The third-order valence-corrected chi connectivity index (χ3v) is 6.84. The van der Waals surface area contributed by atoms with E-state index in [0.29, 0.717) is 17.9 Å². The van der Waals surface area contributed by atoms with Gasteiger partial charge in [-0.2, -0.15) is 5.10 Å². The Balaban J connectivity index is 1.35. The molecule has 1 atom stereocenters. The molecule has 6 heteroatoms. The van der Waals surface area contributed by atoms with Gasteiger partial charge < -0.3 is 4.90 Å². The SMILES string of the molecule is C/C(CCc1ccccc1)=N/NC(=O)c1ccc([C@H]2SCC(=O)N2Cc2ccccc2)cc1. The number of hydrogen-bond donors (Lipinski definition) is 1. The first-order valence-corrected chi connectivity index (χ1v) is 12.1. The van der Waals surface area contributed by atoms with Crippen LogP contribution in [0.25, 0.3) is 0 Å². The summed E-state index contributed by atoms with van der Waals surface area (Å²) < 4.78 is 0. The predicted molar refractivity (Wildman–Crippen MR) is 134 cm³/mol. The zero-order valence-electron chi connectivity index (χ0n) is 18.6. The van der Waals surface area contributed by atoms with Crippen LogP contribution in [-0.4, -0.2) is 28.2 Å². The fourth-order valence-corrected chi connectivity index (χ4v) is 4.90. The number of hydrogen-bond acceptors (Lipinski definition) is 4. The van der Waals surface area contributed by atoms with Crippen LogP contribution in [0.4, 0.5) is 0 Å². The summed E-state index contributed by atoms with van der Waals surface area (Å²) >= 11 is 1.62. The Bertz CT molecular complexity index is 1120. The number of nitrogens with zero attached hydrogens (tertiary/aromatic N) is 2. The van der Waals surface area contributed by atoms with Crippen LogP contribution in [-0.2, 0) is 17.8 Å². The van der Waals surface area contributed by atoms with Gasteiger partial charge >= 0.3 is 0 Å². The lowest BCUT2D eigenvalue weighted by Crippen LogP contribution is -2.27. The van der Waals surface area contributed by atoms with Crippen LogP contribution in [0.2, 0.25) is 0 Å². The van der Waals surface area contributed by atoms with Crippen molar-refractivity contribution < 1.29 is 9.59 Å². The average Bonchev–Trinajstić information content (AvgIpc) is 3.22. The molecule has 0 aromatic heterocycles. The smallest absolute Gasteiger partial charge is 0.271 e. The van der Waals surface area contributed by atoms with Crippen LogP contribution in [0, 0.1) is 0 Å². The zero-order chi connectivity index (χ0) is 23.0. The highest BCUT2D eigenvalue weighted by Gasteiger charge is 2.32. The summed E-state index contributed by atoms with van der Waals surface area (Å²) in [4.78, 5) is 26.9. The summed E-state index contributed by atoms with van der Waals surface area (Å²) in [7, 11) is 0. The van der Waals surface area contributed by atoms with Gasteiger partial charge in [0.15, 0.2) is 0 Å². The maximum atomic E-state index is 12.5. The first-order chi connectivity index (χ1) is 16.1. The van der Waals surface area contributed by atoms with E-state index < -0.39 is 0 Å². The Hall–Kier alpha value is -3.38. The van der Waals surface area contributed by atoms with Crippen molar-refractivity contribution in [2.45, 2.75) is 31.7 Å². The lowest BCUT2D eigenvalue weighted by atomic mass is 10.1. The van der Waals surface area contributed by atoms with Gasteiger partial charge in [0.25, 0.3) is 5.91 Å². The second kappa shape index (κ2) is 11.0. The summed E-state index contributed by atoms with van der Waals surface area (Å²) in [6.07, 6.45) is 1.67. The average molecular weight is 458 g/mol. The highest BCUT2D eigenvalue weighted by atomic mass is 32.2. The Morgan fingerprint density at radius 1 is 0.970 bits per heavy atom. The van der Waals surface area contributed by atoms with Crippen LogP contribution in [0.3, 0.4) is 0 Å². The molecule has 4 rings (SSSR count). The molecule has 1 heterocycles. The van der Waals surface area contributed by atoms with Gasteiger partial charge in [-0.1, -0.05) is 72.8 Å². The third-order valence-electron chi connectivity index (χ3n) is 5.59. The maximum absolute atomic E-state index is 12.5. The molecule has 3 aromatic rings. The molecule has 0 unspecified atom stereocenters.